The van der Waals surface area contributed by atoms with Gasteiger partial charge in [-0.15, -0.1) is 0 Å². The Labute approximate surface area is 124 Å². The third-order valence-corrected chi connectivity index (χ3v) is 3.23. The summed E-state index contributed by atoms with van der Waals surface area (Å²) >= 11 is 0. The third-order valence-electron chi connectivity index (χ3n) is 3.23. The molecular formula is C17H18N4. The van der Waals surface area contributed by atoms with Gasteiger partial charge in [-0.2, -0.15) is 0 Å². The molecule has 3 aromatic rings. The van der Waals surface area contributed by atoms with Crippen molar-refractivity contribution in [3.05, 3.63) is 60.6 Å². The molecule has 0 bridgehead atoms. The van der Waals surface area contributed by atoms with Gasteiger partial charge in [-0.25, -0.2) is 0 Å². The van der Waals surface area contributed by atoms with Gasteiger partial charge in [0, 0.05) is 23.8 Å². The van der Waals surface area contributed by atoms with Crippen molar-refractivity contribution in [1.82, 2.24) is 14.9 Å². The van der Waals surface area contributed by atoms with Crippen LogP contribution < -0.4 is 5.32 Å². The lowest BCUT2D eigenvalue weighted by molar-refractivity contribution is 0.397. The summed E-state index contributed by atoms with van der Waals surface area (Å²) in [5.41, 5.74) is 4.07. The molecule has 4 nitrogen and oxygen atoms in total. The number of nitrogens with one attached hydrogen (secondary N) is 1. The maximum absolute atomic E-state index is 4.48. The first-order valence-electron chi connectivity index (χ1n) is 6.93. The van der Waals surface area contributed by atoms with Crippen LogP contribution in [0.1, 0.15) is 5.69 Å². The zero-order valence-electron chi connectivity index (χ0n) is 12.2. The molecule has 0 spiro atoms. The summed E-state index contributed by atoms with van der Waals surface area (Å²) in [7, 11) is 4.08. The molecular weight excluding hydrogens is 260 g/mol. The molecule has 0 amide bonds. The Bertz CT molecular complexity index is 730. The van der Waals surface area contributed by atoms with Crippen molar-refractivity contribution in [2.75, 3.05) is 19.4 Å². The first kappa shape index (κ1) is 13.5. The van der Waals surface area contributed by atoms with Crippen LogP contribution in [0.3, 0.4) is 0 Å². The minimum Gasteiger partial charge on any atom is -0.354 e. The third kappa shape index (κ3) is 3.17. The average Bonchev–Trinajstić information content (AvgIpc) is 2.49. The molecule has 21 heavy (non-hydrogen) atoms. The maximum atomic E-state index is 4.48. The van der Waals surface area contributed by atoms with E-state index in [9.17, 15) is 0 Å². The maximum Gasteiger partial charge on any atom is 0.0722 e. The predicted molar refractivity (Wildman–Crippen MR) is 86.7 cm³/mol. The lowest BCUT2D eigenvalue weighted by Crippen LogP contribution is -2.11. The smallest absolute Gasteiger partial charge is 0.0722 e. The number of hydrogen-bond acceptors (Lipinski definition) is 4. The summed E-state index contributed by atoms with van der Waals surface area (Å²) in [6, 6.07) is 14.2. The fourth-order valence-corrected chi connectivity index (χ4v) is 2.28. The Morgan fingerprint density at radius 3 is 2.62 bits per heavy atom. The van der Waals surface area contributed by atoms with Crippen LogP contribution >= 0.6 is 0 Å². The van der Waals surface area contributed by atoms with Crippen LogP contribution in [0.15, 0.2) is 54.9 Å². The molecule has 0 saturated carbocycles. The molecule has 0 atom stereocenters. The number of benzene rings is 1. The molecule has 0 saturated heterocycles. The van der Waals surface area contributed by atoms with Gasteiger partial charge in [0.15, 0.2) is 0 Å². The number of anilines is 2. The monoisotopic (exact) mass is 278 g/mol. The number of pyridine rings is 2. The van der Waals surface area contributed by atoms with Gasteiger partial charge in [0.2, 0.25) is 0 Å². The van der Waals surface area contributed by atoms with Crippen LogP contribution in [0.5, 0.6) is 0 Å². The molecule has 0 aliphatic heterocycles. The van der Waals surface area contributed by atoms with E-state index < -0.39 is 0 Å². The molecule has 2 heterocycles. The summed E-state index contributed by atoms with van der Waals surface area (Å²) in [5, 5.41) is 4.52. The van der Waals surface area contributed by atoms with Crippen molar-refractivity contribution in [1.29, 1.82) is 0 Å². The minimum atomic E-state index is 0.846. The van der Waals surface area contributed by atoms with Crippen LogP contribution in [0, 0.1) is 0 Å². The molecule has 3 rings (SSSR count). The van der Waals surface area contributed by atoms with Crippen molar-refractivity contribution in [3.63, 3.8) is 0 Å². The number of para-hydroxylation sites is 1. The summed E-state index contributed by atoms with van der Waals surface area (Å²) in [5.74, 6) is 0. The molecule has 1 N–H and O–H groups in total. The molecule has 106 valence electrons. The van der Waals surface area contributed by atoms with Crippen molar-refractivity contribution < 1.29 is 0 Å². The van der Waals surface area contributed by atoms with E-state index in [-0.39, 0.29) is 0 Å². The van der Waals surface area contributed by atoms with Gasteiger partial charge in [-0.1, -0.05) is 18.2 Å². The van der Waals surface area contributed by atoms with Crippen LogP contribution in [-0.4, -0.2) is 29.0 Å². The lowest BCUT2D eigenvalue weighted by atomic mass is 10.2. The molecule has 2 aromatic heterocycles. The van der Waals surface area contributed by atoms with Crippen molar-refractivity contribution >= 4 is 22.3 Å². The van der Waals surface area contributed by atoms with Gasteiger partial charge in [0.25, 0.3) is 0 Å². The SMILES string of the molecule is CN(C)Cc1ccc(Nc2ccnc3ccccc23)cn1. The highest BCUT2D eigenvalue weighted by molar-refractivity contribution is 5.92. The largest absolute Gasteiger partial charge is 0.354 e. The van der Waals surface area contributed by atoms with Crippen LogP contribution in [0.25, 0.3) is 10.9 Å². The molecule has 0 aliphatic carbocycles. The van der Waals surface area contributed by atoms with Gasteiger partial charge < -0.3 is 10.2 Å². The number of rotatable bonds is 4. The lowest BCUT2D eigenvalue weighted by Gasteiger charge is -2.11. The molecule has 0 aliphatic rings. The van der Waals surface area contributed by atoms with Crippen molar-refractivity contribution in [2.45, 2.75) is 6.54 Å². The predicted octanol–water partition coefficient (Wildman–Crippen LogP) is 3.44. The minimum absolute atomic E-state index is 0.846. The highest BCUT2D eigenvalue weighted by atomic mass is 15.1. The van der Waals surface area contributed by atoms with E-state index >= 15 is 0 Å². The van der Waals surface area contributed by atoms with Crippen LogP contribution in [-0.2, 0) is 6.54 Å². The zero-order chi connectivity index (χ0) is 14.7. The average molecular weight is 278 g/mol. The molecule has 4 heteroatoms. The summed E-state index contributed by atoms with van der Waals surface area (Å²) in [6.07, 6.45) is 3.69. The first-order chi connectivity index (χ1) is 10.2. The topological polar surface area (TPSA) is 41.0 Å². The number of hydrogen-bond donors (Lipinski definition) is 1. The second kappa shape index (κ2) is 5.89. The molecule has 1 aromatic carbocycles. The zero-order valence-corrected chi connectivity index (χ0v) is 12.2. The number of aromatic nitrogens is 2. The van der Waals surface area contributed by atoms with Gasteiger partial charge in [0.05, 0.1) is 23.1 Å². The van der Waals surface area contributed by atoms with Gasteiger partial charge >= 0.3 is 0 Å². The molecule has 0 fully saturated rings. The quantitative estimate of drug-likeness (QED) is 0.793. The second-order valence-electron chi connectivity index (χ2n) is 5.28. The Balaban J connectivity index is 1.85. The fourth-order valence-electron chi connectivity index (χ4n) is 2.28. The Morgan fingerprint density at radius 1 is 1.00 bits per heavy atom. The van der Waals surface area contributed by atoms with E-state index in [1.165, 1.54) is 0 Å². The fraction of sp³-hybridized carbons (Fsp3) is 0.176. The highest BCUT2D eigenvalue weighted by Crippen LogP contribution is 2.24. The number of fused-ring (bicyclic) bond motifs is 1. The summed E-state index contributed by atoms with van der Waals surface area (Å²) in [4.78, 5) is 10.9. The summed E-state index contributed by atoms with van der Waals surface area (Å²) in [6.45, 7) is 0.846. The van der Waals surface area contributed by atoms with Crippen molar-refractivity contribution in [2.24, 2.45) is 0 Å². The van der Waals surface area contributed by atoms with E-state index in [0.29, 0.717) is 0 Å². The van der Waals surface area contributed by atoms with E-state index in [1.807, 2.05) is 56.8 Å². The first-order valence-corrected chi connectivity index (χ1v) is 6.93. The van der Waals surface area contributed by atoms with Crippen LogP contribution in [0.2, 0.25) is 0 Å². The van der Waals surface area contributed by atoms with E-state index in [2.05, 4.69) is 32.3 Å². The summed E-state index contributed by atoms with van der Waals surface area (Å²) < 4.78 is 0. The molecule has 0 unspecified atom stereocenters. The Kier molecular flexibility index (Phi) is 3.79. The Morgan fingerprint density at radius 2 is 1.86 bits per heavy atom. The van der Waals surface area contributed by atoms with E-state index in [1.54, 1.807) is 0 Å². The Hall–Kier alpha value is -2.46. The van der Waals surface area contributed by atoms with Gasteiger partial charge in [-0.05, 0) is 38.4 Å². The highest BCUT2D eigenvalue weighted by Gasteiger charge is 2.02. The van der Waals surface area contributed by atoms with Gasteiger partial charge in [0.1, 0.15) is 0 Å². The van der Waals surface area contributed by atoms with E-state index in [0.717, 1.165) is 34.5 Å². The normalized spacial score (nSPS) is 11.0. The standard InChI is InChI=1S/C17H18N4/c1-21(2)12-14-8-7-13(11-19-14)20-17-9-10-18-16-6-4-3-5-15(16)17/h3-11H,12H2,1-2H3,(H,18,20). The number of nitrogens with zero attached hydrogens (tertiary/aromatic N) is 3. The molecule has 0 radical (unpaired) electrons. The van der Waals surface area contributed by atoms with E-state index in [4.69, 9.17) is 0 Å². The van der Waals surface area contributed by atoms with Crippen molar-refractivity contribution in [3.8, 4) is 0 Å². The second-order valence-corrected chi connectivity index (χ2v) is 5.28. The van der Waals surface area contributed by atoms with Gasteiger partial charge in [-0.3, -0.25) is 9.97 Å². The van der Waals surface area contributed by atoms with Crippen LogP contribution in [0.4, 0.5) is 11.4 Å².